The van der Waals surface area contributed by atoms with Gasteiger partial charge in [0.15, 0.2) is 5.88 Å². The van der Waals surface area contributed by atoms with Crippen molar-refractivity contribution in [3.05, 3.63) is 24.0 Å². The number of nitrogens with zero attached hydrogens (tertiary/aromatic N) is 2. The second-order valence-electron chi connectivity index (χ2n) is 7.75. The van der Waals surface area contributed by atoms with Gasteiger partial charge < -0.3 is 15.1 Å². The fraction of sp³-hybridized carbons (Fsp3) is 0.579. The number of fused-ring (bicyclic) bond motifs is 4. The van der Waals surface area contributed by atoms with Crippen LogP contribution in [0.5, 0.6) is 0 Å². The molecule has 0 unspecified atom stereocenters. The Morgan fingerprint density at radius 3 is 2.76 bits per heavy atom. The predicted octanol–water partition coefficient (Wildman–Crippen LogP) is 2.61. The van der Waals surface area contributed by atoms with Gasteiger partial charge in [-0.1, -0.05) is 0 Å². The van der Waals surface area contributed by atoms with Crippen LogP contribution in [0.25, 0.3) is 11.0 Å². The number of rotatable bonds is 4. The van der Waals surface area contributed by atoms with Crippen molar-refractivity contribution in [1.82, 2.24) is 15.2 Å². The SMILES string of the molecule is C[C@H]1[C@H](NC(=O)c2cc3oc(NC4CC4)cc3cn2)C2CCN1CC2. The summed E-state index contributed by atoms with van der Waals surface area (Å²) in [6, 6.07) is 4.87. The van der Waals surface area contributed by atoms with Gasteiger partial charge in [0, 0.05) is 41.8 Å². The summed E-state index contributed by atoms with van der Waals surface area (Å²) in [6.07, 6.45) is 6.47. The molecule has 3 aliphatic heterocycles. The molecule has 2 bridgehead atoms. The van der Waals surface area contributed by atoms with Crippen LogP contribution in [0.1, 0.15) is 43.1 Å². The average Bonchev–Trinajstić information content (AvgIpc) is 3.34. The average molecular weight is 340 g/mol. The quantitative estimate of drug-likeness (QED) is 0.895. The van der Waals surface area contributed by atoms with Crippen LogP contribution in [-0.4, -0.2) is 47.0 Å². The Morgan fingerprint density at radius 1 is 1.24 bits per heavy atom. The molecule has 5 heterocycles. The van der Waals surface area contributed by atoms with E-state index in [-0.39, 0.29) is 11.9 Å². The van der Waals surface area contributed by atoms with Crippen LogP contribution in [0.2, 0.25) is 0 Å². The minimum Gasteiger partial charge on any atom is -0.441 e. The molecule has 4 fully saturated rings. The van der Waals surface area contributed by atoms with Crippen molar-refractivity contribution in [1.29, 1.82) is 0 Å². The molecule has 2 N–H and O–H groups in total. The number of amides is 1. The van der Waals surface area contributed by atoms with Crippen LogP contribution in [0.3, 0.4) is 0 Å². The van der Waals surface area contributed by atoms with Crippen molar-refractivity contribution >= 4 is 22.8 Å². The second kappa shape index (κ2) is 5.73. The van der Waals surface area contributed by atoms with E-state index < -0.39 is 0 Å². The second-order valence-corrected chi connectivity index (χ2v) is 7.75. The van der Waals surface area contributed by atoms with E-state index >= 15 is 0 Å². The smallest absolute Gasteiger partial charge is 0.270 e. The number of hydrogen-bond donors (Lipinski definition) is 2. The van der Waals surface area contributed by atoms with E-state index in [1.54, 1.807) is 12.3 Å². The van der Waals surface area contributed by atoms with Crippen molar-refractivity contribution < 1.29 is 9.21 Å². The number of furan rings is 1. The molecule has 132 valence electrons. The number of carbonyl (C=O) groups is 1. The topological polar surface area (TPSA) is 70.4 Å². The maximum Gasteiger partial charge on any atom is 0.270 e. The third-order valence-corrected chi connectivity index (χ3v) is 6.03. The van der Waals surface area contributed by atoms with Crippen molar-refractivity contribution in [2.75, 3.05) is 18.4 Å². The first-order valence-corrected chi connectivity index (χ1v) is 9.38. The van der Waals surface area contributed by atoms with Crippen LogP contribution in [0.4, 0.5) is 5.88 Å². The number of nitrogens with one attached hydrogen (secondary N) is 2. The molecule has 4 aliphatic rings. The Morgan fingerprint density at radius 2 is 2.04 bits per heavy atom. The lowest BCUT2D eigenvalue weighted by atomic mass is 9.79. The first kappa shape index (κ1) is 15.2. The molecule has 1 amide bonds. The molecule has 2 aromatic heterocycles. The number of pyridine rings is 1. The molecule has 25 heavy (non-hydrogen) atoms. The molecule has 2 aromatic rings. The van der Waals surface area contributed by atoms with E-state index in [2.05, 4.69) is 27.4 Å². The zero-order valence-corrected chi connectivity index (χ0v) is 14.5. The van der Waals surface area contributed by atoms with Gasteiger partial charge in [-0.2, -0.15) is 0 Å². The highest BCUT2D eigenvalue weighted by molar-refractivity contribution is 5.95. The van der Waals surface area contributed by atoms with Crippen LogP contribution in [0, 0.1) is 5.92 Å². The largest absolute Gasteiger partial charge is 0.441 e. The van der Waals surface area contributed by atoms with E-state index in [1.807, 2.05) is 6.07 Å². The Kier molecular flexibility index (Phi) is 3.48. The zero-order valence-electron chi connectivity index (χ0n) is 14.5. The van der Waals surface area contributed by atoms with E-state index in [0.29, 0.717) is 29.3 Å². The highest BCUT2D eigenvalue weighted by atomic mass is 16.3. The number of hydrogen-bond acceptors (Lipinski definition) is 5. The van der Waals surface area contributed by atoms with Crippen molar-refractivity contribution in [3.8, 4) is 0 Å². The van der Waals surface area contributed by atoms with Gasteiger partial charge in [0.1, 0.15) is 11.3 Å². The minimum absolute atomic E-state index is 0.0967. The predicted molar refractivity (Wildman–Crippen MR) is 95.7 cm³/mol. The van der Waals surface area contributed by atoms with Crippen LogP contribution < -0.4 is 10.6 Å². The van der Waals surface area contributed by atoms with Gasteiger partial charge in [0.2, 0.25) is 0 Å². The molecule has 0 spiro atoms. The molecule has 3 saturated heterocycles. The van der Waals surface area contributed by atoms with Gasteiger partial charge in [-0.3, -0.25) is 14.7 Å². The van der Waals surface area contributed by atoms with E-state index in [4.69, 9.17) is 4.42 Å². The van der Waals surface area contributed by atoms with Crippen LogP contribution in [0.15, 0.2) is 22.7 Å². The first-order chi connectivity index (χ1) is 12.2. The molecule has 0 aromatic carbocycles. The summed E-state index contributed by atoms with van der Waals surface area (Å²) < 4.78 is 5.83. The molecule has 6 heteroatoms. The van der Waals surface area contributed by atoms with Gasteiger partial charge in [-0.05, 0) is 51.6 Å². The summed E-state index contributed by atoms with van der Waals surface area (Å²) in [5, 5.41) is 7.50. The molecule has 6 nitrogen and oxygen atoms in total. The fourth-order valence-corrected chi connectivity index (χ4v) is 4.33. The minimum atomic E-state index is -0.0967. The van der Waals surface area contributed by atoms with Gasteiger partial charge in [0.25, 0.3) is 5.91 Å². The summed E-state index contributed by atoms with van der Waals surface area (Å²) in [5.74, 6) is 1.26. The standard InChI is InChI=1S/C19H24N4O2/c1-11-18(12-4-6-23(11)7-5-12)22-19(24)15-9-16-13(10-20-15)8-17(25-16)21-14-2-3-14/h8-12,14,18,21H,2-7H2,1H3,(H,22,24)/t11-,18-/m0/s1. The van der Waals surface area contributed by atoms with Crippen molar-refractivity contribution in [2.45, 2.75) is 50.7 Å². The van der Waals surface area contributed by atoms with Gasteiger partial charge >= 0.3 is 0 Å². The van der Waals surface area contributed by atoms with Gasteiger partial charge in [0.05, 0.1) is 0 Å². The van der Waals surface area contributed by atoms with Gasteiger partial charge in [-0.25, -0.2) is 0 Å². The van der Waals surface area contributed by atoms with Gasteiger partial charge in [-0.15, -0.1) is 0 Å². The Balaban J connectivity index is 1.34. The fourth-order valence-electron chi connectivity index (χ4n) is 4.33. The lowest BCUT2D eigenvalue weighted by molar-refractivity contribution is 0.0216. The van der Waals surface area contributed by atoms with E-state index in [9.17, 15) is 4.79 Å². The third kappa shape index (κ3) is 2.78. The molecule has 2 atom stereocenters. The number of anilines is 1. The summed E-state index contributed by atoms with van der Waals surface area (Å²) in [4.78, 5) is 19.6. The number of aromatic nitrogens is 1. The monoisotopic (exact) mass is 340 g/mol. The lowest BCUT2D eigenvalue weighted by Crippen LogP contribution is -2.62. The molecule has 0 radical (unpaired) electrons. The normalized spacial score (nSPS) is 31.2. The zero-order chi connectivity index (χ0) is 17.0. The molecular weight excluding hydrogens is 316 g/mol. The Hall–Kier alpha value is -2.08. The Labute approximate surface area is 147 Å². The maximum absolute atomic E-state index is 12.7. The maximum atomic E-state index is 12.7. The summed E-state index contributed by atoms with van der Waals surface area (Å²) in [6.45, 7) is 4.53. The van der Waals surface area contributed by atoms with E-state index in [0.717, 1.165) is 24.4 Å². The number of carbonyl (C=O) groups excluding carboxylic acids is 1. The first-order valence-electron chi connectivity index (χ1n) is 9.38. The summed E-state index contributed by atoms with van der Waals surface area (Å²) >= 11 is 0. The lowest BCUT2D eigenvalue weighted by Gasteiger charge is -2.49. The van der Waals surface area contributed by atoms with Crippen molar-refractivity contribution in [3.63, 3.8) is 0 Å². The van der Waals surface area contributed by atoms with Crippen LogP contribution in [-0.2, 0) is 0 Å². The highest BCUT2D eigenvalue weighted by Gasteiger charge is 2.40. The molecule has 6 rings (SSSR count). The molecular formula is C19H24N4O2. The van der Waals surface area contributed by atoms with E-state index in [1.165, 1.54) is 25.7 Å². The highest BCUT2D eigenvalue weighted by Crippen LogP contribution is 2.32. The Bertz CT molecular complexity index is 803. The number of piperidine rings is 3. The summed E-state index contributed by atoms with van der Waals surface area (Å²) in [5.41, 5.74) is 1.15. The summed E-state index contributed by atoms with van der Waals surface area (Å²) in [7, 11) is 0. The van der Waals surface area contributed by atoms with Crippen molar-refractivity contribution in [2.24, 2.45) is 5.92 Å². The third-order valence-electron chi connectivity index (χ3n) is 6.03. The molecule has 1 aliphatic carbocycles. The van der Waals surface area contributed by atoms with Crippen LogP contribution >= 0.6 is 0 Å². The molecule has 1 saturated carbocycles.